The van der Waals surface area contributed by atoms with Gasteiger partial charge in [-0.2, -0.15) is 13.2 Å². The number of carbonyl (C=O) groups is 1. The zero-order valence-corrected chi connectivity index (χ0v) is 10.1. The van der Waals surface area contributed by atoms with E-state index in [1.165, 1.54) is 0 Å². The molecule has 3 nitrogen and oxygen atoms in total. The fourth-order valence-electron chi connectivity index (χ4n) is 1.28. The van der Waals surface area contributed by atoms with Gasteiger partial charge in [0.15, 0.2) is 5.69 Å². The normalized spacial score (nSPS) is 11.8. The fourth-order valence-corrected chi connectivity index (χ4v) is 1.55. The highest BCUT2D eigenvalue weighted by atomic mass is 35.5. The van der Waals surface area contributed by atoms with Gasteiger partial charge in [0, 0.05) is 5.56 Å². The second-order valence-electron chi connectivity index (χ2n) is 3.41. The minimum absolute atomic E-state index is 0.459. The standard InChI is InChI=1S/C10H7ClF5NO2/c1-19-7(18)3-6-4(9(12)13)2-5(11)8(17-6)10(14,15)16/h2,9H,3H2,1H3. The Morgan fingerprint density at radius 1 is 1.47 bits per heavy atom. The van der Waals surface area contributed by atoms with E-state index in [0.29, 0.717) is 6.07 Å². The third kappa shape index (κ3) is 3.76. The summed E-state index contributed by atoms with van der Waals surface area (Å²) in [6, 6.07) is 0.459. The van der Waals surface area contributed by atoms with Gasteiger partial charge in [0.1, 0.15) is 0 Å². The van der Waals surface area contributed by atoms with Crippen LogP contribution in [0.5, 0.6) is 0 Å². The molecule has 0 saturated heterocycles. The maximum atomic E-state index is 12.7. The number of rotatable bonds is 3. The summed E-state index contributed by atoms with van der Waals surface area (Å²) in [4.78, 5) is 14.0. The van der Waals surface area contributed by atoms with Gasteiger partial charge in [-0.25, -0.2) is 13.8 Å². The Labute approximate surface area is 109 Å². The van der Waals surface area contributed by atoms with Crippen molar-refractivity contribution in [2.45, 2.75) is 19.0 Å². The quantitative estimate of drug-likeness (QED) is 0.634. The first-order valence-electron chi connectivity index (χ1n) is 4.78. The second-order valence-corrected chi connectivity index (χ2v) is 3.81. The van der Waals surface area contributed by atoms with Crippen LogP contribution in [0.15, 0.2) is 6.07 Å². The van der Waals surface area contributed by atoms with Crippen LogP contribution in [-0.2, 0) is 22.1 Å². The van der Waals surface area contributed by atoms with Crippen molar-refractivity contribution in [2.75, 3.05) is 7.11 Å². The maximum absolute atomic E-state index is 12.7. The first kappa shape index (κ1) is 15.6. The molecule has 106 valence electrons. The molecule has 1 aromatic heterocycles. The van der Waals surface area contributed by atoms with E-state index < -0.39 is 47.0 Å². The average Bonchev–Trinajstić information content (AvgIpc) is 2.28. The monoisotopic (exact) mass is 303 g/mol. The third-order valence-corrected chi connectivity index (χ3v) is 2.42. The summed E-state index contributed by atoms with van der Waals surface area (Å²) in [5.41, 5.74) is -3.06. The van der Waals surface area contributed by atoms with Gasteiger partial charge >= 0.3 is 12.1 Å². The van der Waals surface area contributed by atoms with Gasteiger partial charge in [0.05, 0.1) is 24.2 Å². The Bertz CT molecular complexity index is 490. The van der Waals surface area contributed by atoms with Crippen molar-refractivity contribution >= 4 is 17.6 Å². The molecule has 0 atom stereocenters. The molecule has 0 aliphatic carbocycles. The van der Waals surface area contributed by atoms with Crippen molar-refractivity contribution in [1.82, 2.24) is 4.98 Å². The van der Waals surface area contributed by atoms with Crippen molar-refractivity contribution < 1.29 is 31.5 Å². The van der Waals surface area contributed by atoms with Gasteiger partial charge in [0.2, 0.25) is 0 Å². The number of esters is 1. The molecule has 0 fully saturated rings. The molecule has 0 aliphatic rings. The Hall–Kier alpha value is -1.44. The van der Waals surface area contributed by atoms with E-state index in [1.807, 2.05) is 0 Å². The minimum atomic E-state index is -4.90. The van der Waals surface area contributed by atoms with E-state index in [2.05, 4.69) is 9.72 Å². The van der Waals surface area contributed by atoms with Crippen LogP contribution < -0.4 is 0 Å². The molecule has 0 unspecified atom stereocenters. The number of aromatic nitrogens is 1. The van der Waals surface area contributed by atoms with Gasteiger partial charge in [-0.05, 0) is 6.07 Å². The highest BCUT2D eigenvalue weighted by molar-refractivity contribution is 6.31. The van der Waals surface area contributed by atoms with Crippen LogP contribution in [0.4, 0.5) is 22.0 Å². The van der Waals surface area contributed by atoms with Crippen LogP contribution in [0.3, 0.4) is 0 Å². The van der Waals surface area contributed by atoms with Gasteiger partial charge in [-0.1, -0.05) is 11.6 Å². The smallest absolute Gasteiger partial charge is 0.434 e. The van der Waals surface area contributed by atoms with E-state index in [4.69, 9.17) is 11.6 Å². The molecule has 1 heterocycles. The molecule has 19 heavy (non-hydrogen) atoms. The molecule has 0 amide bonds. The Morgan fingerprint density at radius 3 is 2.47 bits per heavy atom. The lowest BCUT2D eigenvalue weighted by molar-refractivity contribution is -0.142. The summed E-state index contributed by atoms with van der Waals surface area (Å²) in [6.45, 7) is 0. The van der Waals surface area contributed by atoms with Crippen LogP contribution in [-0.4, -0.2) is 18.1 Å². The third-order valence-electron chi connectivity index (χ3n) is 2.13. The molecule has 0 saturated carbocycles. The number of ether oxygens (including phenoxy) is 1. The molecule has 1 aromatic rings. The summed E-state index contributed by atoms with van der Waals surface area (Å²) in [6.07, 6.45) is -8.80. The molecule has 0 bridgehead atoms. The molecule has 9 heteroatoms. The van der Waals surface area contributed by atoms with E-state index in [-0.39, 0.29) is 0 Å². The summed E-state index contributed by atoms with van der Waals surface area (Å²) >= 11 is 5.27. The van der Waals surface area contributed by atoms with Crippen LogP contribution in [0.1, 0.15) is 23.4 Å². The molecule has 0 N–H and O–H groups in total. The summed E-state index contributed by atoms with van der Waals surface area (Å²) in [5, 5.41) is -0.948. The molecule has 0 aliphatic heterocycles. The minimum Gasteiger partial charge on any atom is -0.469 e. The highest BCUT2D eigenvalue weighted by Crippen LogP contribution is 2.36. The molecular weight excluding hydrogens is 297 g/mol. The first-order valence-corrected chi connectivity index (χ1v) is 5.16. The van der Waals surface area contributed by atoms with Crippen molar-refractivity contribution in [3.05, 3.63) is 28.0 Å². The SMILES string of the molecule is COC(=O)Cc1nc(C(F)(F)F)c(Cl)cc1C(F)F. The molecular formula is C10H7ClF5NO2. The first-order chi connectivity index (χ1) is 8.66. The van der Waals surface area contributed by atoms with Crippen LogP contribution in [0, 0.1) is 0 Å². The van der Waals surface area contributed by atoms with Crippen molar-refractivity contribution in [3.8, 4) is 0 Å². The summed E-state index contributed by atoms with van der Waals surface area (Å²) in [7, 11) is 0.977. The highest BCUT2D eigenvalue weighted by Gasteiger charge is 2.37. The maximum Gasteiger partial charge on any atom is 0.434 e. The lowest BCUT2D eigenvalue weighted by atomic mass is 10.1. The van der Waals surface area contributed by atoms with Gasteiger partial charge in [-0.15, -0.1) is 0 Å². The van der Waals surface area contributed by atoms with Crippen molar-refractivity contribution in [2.24, 2.45) is 0 Å². The van der Waals surface area contributed by atoms with Crippen molar-refractivity contribution in [3.63, 3.8) is 0 Å². The van der Waals surface area contributed by atoms with Crippen molar-refractivity contribution in [1.29, 1.82) is 0 Å². The summed E-state index contributed by atoms with van der Waals surface area (Å²) in [5.74, 6) is -0.982. The Balaban J connectivity index is 3.35. The van der Waals surface area contributed by atoms with Crippen LogP contribution in [0.25, 0.3) is 0 Å². The largest absolute Gasteiger partial charge is 0.469 e. The number of hydrogen-bond donors (Lipinski definition) is 0. The second kappa shape index (κ2) is 5.68. The number of alkyl halides is 5. The lowest BCUT2D eigenvalue weighted by Crippen LogP contribution is -2.15. The topological polar surface area (TPSA) is 39.2 Å². The van der Waals surface area contributed by atoms with E-state index in [0.717, 1.165) is 7.11 Å². The van der Waals surface area contributed by atoms with Crippen LogP contribution >= 0.6 is 11.6 Å². The van der Waals surface area contributed by atoms with E-state index >= 15 is 0 Å². The number of nitrogens with zero attached hydrogens (tertiary/aromatic N) is 1. The fraction of sp³-hybridized carbons (Fsp3) is 0.400. The Morgan fingerprint density at radius 2 is 2.05 bits per heavy atom. The number of carbonyl (C=O) groups excluding carboxylic acids is 1. The Kier molecular flexibility index (Phi) is 4.67. The van der Waals surface area contributed by atoms with Gasteiger partial charge in [0.25, 0.3) is 6.43 Å². The predicted octanol–water partition coefficient (Wildman–Crippen LogP) is 3.41. The van der Waals surface area contributed by atoms with E-state index in [9.17, 15) is 26.7 Å². The van der Waals surface area contributed by atoms with Gasteiger partial charge < -0.3 is 4.74 Å². The summed E-state index contributed by atoms with van der Waals surface area (Å²) < 4.78 is 67.1. The van der Waals surface area contributed by atoms with Gasteiger partial charge in [-0.3, -0.25) is 4.79 Å². The average molecular weight is 304 g/mol. The number of hydrogen-bond acceptors (Lipinski definition) is 3. The number of pyridine rings is 1. The zero-order chi connectivity index (χ0) is 14.8. The van der Waals surface area contributed by atoms with Crippen LogP contribution in [0.2, 0.25) is 5.02 Å². The lowest BCUT2D eigenvalue weighted by Gasteiger charge is -2.13. The molecule has 0 aromatic carbocycles. The number of halogens is 6. The number of methoxy groups -OCH3 is 1. The van der Waals surface area contributed by atoms with E-state index in [1.54, 1.807) is 0 Å². The predicted molar refractivity (Wildman–Crippen MR) is 54.9 cm³/mol. The molecule has 0 spiro atoms. The molecule has 0 radical (unpaired) electrons. The zero-order valence-electron chi connectivity index (χ0n) is 9.39. The molecule has 1 rings (SSSR count).